The predicted molar refractivity (Wildman–Crippen MR) is 75.0 cm³/mol. The maximum absolute atomic E-state index is 13.4. The number of halogens is 1. The first-order valence-corrected chi connectivity index (χ1v) is 7.01. The third-order valence-electron chi connectivity index (χ3n) is 3.62. The second-order valence-electron chi connectivity index (χ2n) is 4.96. The number of nitrogens with zero attached hydrogens (tertiary/aromatic N) is 1. The number of nitrogens with one attached hydrogen (secondary N) is 1. The molecule has 0 radical (unpaired) electrons. The Hall–Kier alpha value is -1.46. The normalized spacial score (nSPS) is 17.7. The van der Waals surface area contributed by atoms with Gasteiger partial charge in [0.05, 0.1) is 19.3 Å². The van der Waals surface area contributed by atoms with E-state index >= 15 is 0 Å². The van der Waals surface area contributed by atoms with Crippen molar-refractivity contribution in [3.05, 3.63) is 35.6 Å². The lowest BCUT2D eigenvalue weighted by Gasteiger charge is -2.31. The van der Waals surface area contributed by atoms with Crippen LogP contribution < -0.4 is 5.32 Å². The third-order valence-corrected chi connectivity index (χ3v) is 3.62. The zero-order valence-electron chi connectivity index (χ0n) is 11.8. The van der Waals surface area contributed by atoms with Gasteiger partial charge in [0.2, 0.25) is 5.91 Å². The van der Waals surface area contributed by atoms with Crippen molar-refractivity contribution in [2.45, 2.75) is 19.4 Å². The van der Waals surface area contributed by atoms with E-state index in [1.165, 1.54) is 6.07 Å². The smallest absolute Gasteiger partial charge is 0.237 e. The highest BCUT2D eigenvalue weighted by Gasteiger charge is 2.22. The molecule has 0 bridgehead atoms. The van der Waals surface area contributed by atoms with E-state index in [1.54, 1.807) is 18.2 Å². The molecule has 1 aliphatic rings. The first-order chi connectivity index (χ1) is 9.68. The Morgan fingerprint density at radius 3 is 2.80 bits per heavy atom. The van der Waals surface area contributed by atoms with Gasteiger partial charge in [0, 0.05) is 19.6 Å². The molecule has 1 N–H and O–H groups in total. The average molecular weight is 280 g/mol. The van der Waals surface area contributed by atoms with E-state index in [9.17, 15) is 9.18 Å². The maximum Gasteiger partial charge on any atom is 0.237 e. The number of rotatable bonds is 5. The summed E-state index contributed by atoms with van der Waals surface area (Å²) in [6.07, 6.45) is 0.508. The molecule has 0 saturated carbocycles. The summed E-state index contributed by atoms with van der Waals surface area (Å²) in [6, 6.07) is 6.48. The van der Waals surface area contributed by atoms with Crippen LogP contribution in [-0.2, 0) is 16.0 Å². The monoisotopic (exact) mass is 280 g/mol. The standard InChI is InChI=1S/C15H21FN2O2/c1-12(18-8-10-20-11-9-18)15(19)17-7-6-13-4-2-3-5-14(13)16/h2-5,12H,6-11H2,1H3,(H,17,19). The molecule has 1 saturated heterocycles. The highest BCUT2D eigenvalue weighted by molar-refractivity contribution is 5.81. The van der Waals surface area contributed by atoms with Crippen molar-refractivity contribution >= 4 is 5.91 Å². The Balaban J connectivity index is 1.76. The van der Waals surface area contributed by atoms with Gasteiger partial charge >= 0.3 is 0 Å². The Morgan fingerprint density at radius 2 is 2.10 bits per heavy atom. The van der Waals surface area contributed by atoms with Gasteiger partial charge in [-0.3, -0.25) is 9.69 Å². The predicted octanol–water partition coefficient (Wildman–Crippen LogP) is 1.21. The molecule has 2 rings (SSSR count). The highest BCUT2D eigenvalue weighted by Crippen LogP contribution is 2.07. The van der Waals surface area contributed by atoms with E-state index in [0.717, 1.165) is 13.1 Å². The Morgan fingerprint density at radius 1 is 1.40 bits per heavy atom. The molecule has 1 aromatic rings. The molecule has 1 heterocycles. The van der Waals surface area contributed by atoms with E-state index in [-0.39, 0.29) is 17.8 Å². The molecule has 110 valence electrons. The molecule has 4 nitrogen and oxygen atoms in total. The van der Waals surface area contributed by atoms with Gasteiger partial charge in [0.25, 0.3) is 0 Å². The van der Waals surface area contributed by atoms with Crippen LogP contribution in [-0.4, -0.2) is 49.7 Å². The number of benzene rings is 1. The van der Waals surface area contributed by atoms with Gasteiger partial charge < -0.3 is 10.1 Å². The number of carbonyl (C=O) groups excluding carboxylic acids is 1. The zero-order valence-corrected chi connectivity index (χ0v) is 11.8. The molecule has 20 heavy (non-hydrogen) atoms. The average Bonchev–Trinajstić information content (AvgIpc) is 2.49. The van der Waals surface area contributed by atoms with E-state index < -0.39 is 0 Å². The van der Waals surface area contributed by atoms with Crippen LogP contribution in [0.3, 0.4) is 0 Å². The van der Waals surface area contributed by atoms with Crippen molar-refractivity contribution in [3.8, 4) is 0 Å². The summed E-state index contributed by atoms with van der Waals surface area (Å²) in [5.41, 5.74) is 0.631. The molecule has 1 fully saturated rings. The SMILES string of the molecule is CC(C(=O)NCCc1ccccc1F)N1CCOCC1. The molecule has 1 aromatic carbocycles. The van der Waals surface area contributed by atoms with E-state index in [0.29, 0.717) is 31.7 Å². The summed E-state index contributed by atoms with van der Waals surface area (Å²) >= 11 is 0. The van der Waals surface area contributed by atoms with E-state index in [4.69, 9.17) is 4.74 Å². The van der Waals surface area contributed by atoms with Crippen LogP contribution in [0.15, 0.2) is 24.3 Å². The Bertz CT molecular complexity index is 447. The first kappa shape index (κ1) is 14.9. The minimum absolute atomic E-state index is 0.0109. The number of hydrogen-bond acceptors (Lipinski definition) is 3. The summed E-state index contributed by atoms with van der Waals surface area (Å²) in [4.78, 5) is 14.1. The summed E-state index contributed by atoms with van der Waals surface area (Å²) in [7, 11) is 0. The molecule has 0 aromatic heterocycles. The molecule has 0 aliphatic carbocycles. The summed E-state index contributed by atoms with van der Waals surface area (Å²) in [6.45, 7) is 5.25. The van der Waals surface area contributed by atoms with Crippen LogP contribution in [0, 0.1) is 5.82 Å². The second kappa shape index (κ2) is 7.36. The van der Waals surface area contributed by atoms with Crippen molar-refractivity contribution in [3.63, 3.8) is 0 Å². The fourth-order valence-electron chi connectivity index (χ4n) is 2.30. The van der Waals surface area contributed by atoms with E-state index in [2.05, 4.69) is 10.2 Å². The van der Waals surface area contributed by atoms with Gasteiger partial charge in [-0.2, -0.15) is 0 Å². The fraction of sp³-hybridized carbons (Fsp3) is 0.533. The van der Waals surface area contributed by atoms with Crippen molar-refractivity contribution in [1.82, 2.24) is 10.2 Å². The topological polar surface area (TPSA) is 41.6 Å². The van der Waals surface area contributed by atoms with Gasteiger partial charge in [-0.15, -0.1) is 0 Å². The van der Waals surface area contributed by atoms with Crippen LogP contribution in [0.25, 0.3) is 0 Å². The number of hydrogen-bond donors (Lipinski definition) is 1. The molecule has 1 unspecified atom stereocenters. The summed E-state index contributed by atoms with van der Waals surface area (Å²) in [5, 5.41) is 2.87. The van der Waals surface area contributed by atoms with Crippen LogP contribution in [0.1, 0.15) is 12.5 Å². The third kappa shape index (κ3) is 4.02. The number of ether oxygens (including phenoxy) is 1. The minimum Gasteiger partial charge on any atom is -0.379 e. The zero-order chi connectivity index (χ0) is 14.4. The summed E-state index contributed by atoms with van der Waals surface area (Å²) < 4.78 is 18.7. The molecule has 1 aliphatic heterocycles. The maximum atomic E-state index is 13.4. The number of carbonyl (C=O) groups is 1. The molecule has 1 atom stereocenters. The van der Waals surface area contributed by atoms with E-state index in [1.807, 2.05) is 6.92 Å². The molecule has 5 heteroatoms. The molecule has 1 amide bonds. The molecule has 0 spiro atoms. The quantitative estimate of drug-likeness (QED) is 0.881. The van der Waals surface area contributed by atoms with Crippen LogP contribution in [0.2, 0.25) is 0 Å². The van der Waals surface area contributed by atoms with Gasteiger partial charge in [0.15, 0.2) is 0 Å². The fourth-order valence-corrected chi connectivity index (χ4v) is 2.30. The molecular formula is C15H21FN2O2. The lowest BCUT2D eigenvalue weighted by molar-refractivity contribution is -0.127. The van der Waals surface area contributed by atoms with Gasteiger partial charge in [-0.25, -0.2) is 4.39 Å². The second-order valence-corrected chi connectivity index (χ2v) is 4.96. The van der Waals surface area contributed by atoms with Crippen LogP contribution >= 0.6 is 0 Å². The lowest BCUT2D eigenvalue weighted by atomic mass is 10.1. The minimum atomic E-state index is -0.219. The van der Waals surface area contributed by atoms with Gasteiger partial charge in [0.1, 0.15) is 5.82 Å². The van der Waals surface area contributed by atoms with Gasteiger partial charge in [-0.05, 0) is 25.0 Å². The highest BCUT2D eigenvalue weighted by atomic mass is 19.1. The van der Waals surface area contributed by atoms with Crippen molar-refractivity contribution in [1.29, 1.82) is 0 Å². The Kier molecular flexibility index (Phi) is 5.49. The lowest BCUT2D eigenvalue weighted by Crippen LogP contribution is -2.49. The number of morpholine rings is 1. The number of amides is 1. The van der Waals surface area contributed by atoms with Crippen molar-refractivity contribution in [2.24, 2.45) is 0 Å². The van der Waals surface area contributed by atoms with Crippen molar-refractivity contribution < 1.29 is 13.9 Å². The van der Waals surface area contributed by atoms with Crippen LogP contribution in [0.4, 0.5) is 4.39 Å². The Labute approximate surface area is 118 Å². The summed E-state index contributed by atoms with van der Waals surface area (Å²) in [5.74, 6) is -0.230. The largest absolute Gasteiger partial charge is 0.379 e. The van der Waals surface area contributed by atoms with Crippen molar-refractivity contribution in [2.75, 3.05) is 32.8 Å². The molecular weight excluding hydrogens is 259 g/mol. The van der Waals surface area contributed by atoms with Gasteiger partial charge in [-0.1, -0.05) is 18.2 Å². The van der Waals surface area contributed by atoms with Crippen LogP contribution in [0.5, 0.6) is 0 Å². The first-order valence-electron chi connectivity index (χ1n) is 7.01.